The third-order valence-corrected chi connectivity index (χ3v) is 2.24. The maximum atomic E-state index is 10.5. The summed E-state index contributed by atoms with van der Waals surface area (Å²) in [6, 6.07) is 5.96. The zero-order chi connectivity index (χ0) is 13.5. The predicted molar refractivity (Wildman–Crippen MR) is 68.8 cm³/mol. The van der Waals surface area contributed by atoms with E-state index < -0.39 is 4.92 Å². The maximum absolute atomic E-state index is 10.5. The van der Waals surface area contributed by atoms with Crippen molar-refractivity contribution in [1.82, 2.24) is 9.91 Å². The van der Waals surface area contributed by atoms with Gasteiger partial charge in [-0.3, -0.25) is 15.1 Å². The Labute approximate surface area is 106 Å². The molecule has 0 fully saturated rings. The van der Waals surface area contributed by atoms with E-state index in [2.05, 4.69) is 15.2 Å². The Kier molecular flexibility index (Phi) is 5.19. The van der Waals surface area contributed by atoms with Crippen molar-refractivity contribution in [1.29, 1.82) is 0 Å². The smallest absolute Gasteiger partial charge is 0.269 e. The van der Waals surface area contributed by atoms with Gasteiger partial charge in [0.2, 0.25) is 0 Å². The lowest BCUT2D eigenvalue weighted by Crippen LogP contribution is -2.24. The predicted octanol–water partition coefficient (Wildman–Crippen LogP) is 2.09. The molecule has 7 heteroatoms. The van der Waals surface area contributed by atoms with Crippen molar-refractivity contribution in [3.05, 3.63) is 34.4 Å². The first-order valence-corrected chi connectivity index (χ1v) is 5.51. The molecule has 1 rings (SSSR count). The zero-order valence-corrected chi connectivity index (χ0v) is 10.8. The number of rotatable bonds is 6. The largest absolute Gasteiger partial charge is 0.308 e. The molecule has 0 aliphatic carbocycles. The van der Waals surface area contributed by atoms with E-state index in [9.17, 15) is 10.1 Å². The van der Waals surface area contributed by atoms with Gasteiger partial charge in [0.1, 0.15) is 0 Å². The molecule has 1 aromatic carbocycles. The molecule has 1 aromatic rings. The van der Waals surface area contributed by atoms with Gasteiger partial charge < -0.3 is 4.90 Å². The van der Waals surface area contributed by atoms with Crippen LogP contribution >= 0.6 is 0 Å². The lowest BCUT2D eigenvalue weighted by molar-refractivity contribution is -0.384. The van der Waals surface area contributed by atoms with Crippen LogP contribution < -0.4 is 0 Å². The van der Waals surface area contributed by atoms with Crippen LogP contribution in [-0.2, 0) is 0 Å². The second kappa shape index (κ2) is 6.65. The standard InChI is InChI=1S/C11H17N5O2/c1-14(2)8-9-15(3)13-12-10-4-6-11(7-5-10)16(17)18/h4-7H,8-9H2,1-3H3. The molecule has 0 unspecified atom stereocenters. The van der Waals surface area contributed by atoms with E-state index in [-0.39, 0.29) is 5.69 Å². The first-order valence-electron chi connectivity index (χ1n) is 5.51. The quantitative estimate of drug-likeness (QED) is 0.441. The number of non-ortho nitro benzene ring substituents is 1. The molecule has 0 amide bonds. The van der Waals surface area contributed by atoms with Crippen LogP contribution in [0, 0.1) is 10.1 Å². The average molecular weight is 251 g/mol. The highest BCUT2D eigenvalue weighted by molar-refractivity contribution is 5.43. The first-order chi connectivity index (χ1) is 8.49. The third kappa shape index (κ3) is 4.88. The summed E-state index contributed by atoms with van der Waals surface area (Å²) in [7, 11) is 5.81. The van der Waals surface area contributed by atoms with Crippen LogP contribution in [0.15, 0.2) is 34.6 Å². The lowest BCUT2D eigenvalue weighted by Gasteiger charge is -2.14. The Morgan fingerprint density at radius 1 is 1.17 bits per heavy atom. The normalized spacial score (nSPS) is 11.1. The van der Waals surface area contributed by atoms with Crippen LogP contribution in [0.25, 0.3) is 0 Å². The molecule has 0 radical (unpaired) electrons. The fourth-order valence-corrected chi connectivity index (χ4v) is 1.16. The summed E-state index contributed by atoms with van der Waals surface area (Å²) in [6.07, 6.45) is 0. The molecule has 0 saturated heterocycles. The number of hydrogen-bond donors (Lipinski definition) is 0. The molecule has 18 heavy (non-hydrogen) atoms. The number of nitro benzene ring substituents is 1. The van der Waals surface area contributed by atoms with Gasteiger partial charge in [0.15, 0.2) is 0 Å². The van der Waals surface area contributed by atoms with E-state index in [0.29, 0.717) is 5.69 Å². The van der Waals surface area contributed by atoms with Gasteiger partial charge in [-0.2, -0.15) is 0 Å². The Hall–Kier alpha value is -2.02. The van der Waals surface area contributed by atoms with E-state index >= 15 is 0 Å². The highest BCUT2D eigenvalue weighted by Crippen LogP contribution is 2.18. The second-order valence-electron chi connectivity index (χ2n) is 4.15. The van der Waals surface area contributed by atoms with Crippen LogP contribution in [-0.4, -0.2) is 49.1 Å². The molecule has 0 aliphatic rings. The summed E-state index contributed by atoms with van der Waals surface area (Å²) < 4.78 is 0. The van der Waals surface area contributed by atoms with Crippen LogP contribution in [0.1, 0.15) is 0 Å². The van der Waals surface area contributed by atoms with Gasteiger partial charge in [0, 0.05) is 25.7 Å². The summed E-state index contributed by atoms with van der Waals surface area (Å²) in [6.45, 7) is 1.65. The molecule has 98 valence electrons. The Bertz CT molecular complexity index is 416. The van der Waals surface area contributed by atoms with Crippen LogP contribution in [0.3, 0.4) is 0 Å². The van der Waals surface area contributed by atoms with Crippen molar-refractivity contribution in [2.45, 2.75) is 0 Å². The number of likely N-dealkylation sites (N-methyl/N-ethyl adjacent to an activating group) is 2. The van der Waals surface area contributed by atoms with Crippen LogP contribution in [0.5, 0.6) is 0 Å². The van der Waals surface area contributed by atoms with Gasteiger partial charge in [0.05, 0.1) is 17.2 Å². The fourth-order valence-electron chi connectivity index (χ4n) is 1.16. The molecule has 0 N–H and O–H groups in total. The zero-order valence-electron chi connectivity index (χ0n) is 10.8. The van der Waals surface area contributed by atoms with E-state index in [0.717, 1.165) is 13.1 Å². The summed E-state index contributed by atoms with van der Waals surface area (Å²) in [5.74, 6) is 0. The summed E-state index contributed by atoms with van der Waals surface area (Å²) in [5, 5.41) is 20.2. The molecule has 0 saturated carbocycles. The van der Waals surface area contributed by atoms with E-state index in [4.69, 9.17) is 0 Å². The molecule has 0 bridgehead atoms. The number of nitrogens with zero attached hydrogens (tertiary/aromatic N) is 5. The van der Waals surface area contributed by atoms with Gasteiger partial charge >= 0.3 is 0 Å². The van der Waals surface area contributed by atoms with Gasteiger partial charge in [-0.1, -0.05) is 5.22 Å². The Balaban J connectivity index is 2.53. The van der Waals surface area contributed by atoms with Crippen LogP contribution in [0.2, 0.25) is 0 Å². The maximum Gasteiger partial charge on any atom is 0.269 e. The third-order valence-electron chi connectivity index (χ3n) is 2.24. The van der Waals surface area contributed by atoms with Crippen molar-refractivity contribution >= 4 is 11.4 Å². The molecule has 0 heterocycles. The lowest BCUT2D eigenvalue weighted by atomic mass is 10.3. The van der Waals surface area contributed by atoms with E-state index in [1.165, 1.54) is 12.1 Å². The van der Waals surface area contributed by atoms with Gasteiger partial charge in [0.25, 0.3) is 5.69 Å². The van der Waals surface area contributed by atoms with Crippen LogP contribution in [0.4, 0.5) is 11.4 Å². The minimum absolute atomic E-state index is 0.0508. The SMILES string of the molecule is CN(C)CCN(C)N=Nc1ccc([N+](=O)[O-])cc1. The van der Waals surface area contributed by atoms with E-state index in [1.54, 1.807) is 17.1 Å². The first kappa shape index (κ1) is 14.0. The fraction of sp³-hybridized carbons (Fsp3) is 0.455. The van der Waals surface area contributed by atoms with Crippen molar-refractivity contribution < 1.29 is 4.92 Å². The molecule has 0 spiro atoms. The highest BCUT2D eigenvalue weighted by Gasteiger charge is 2.03. The number of nitro groups is 1. The van der Waals surface area contributed by atoms with Crippen molar-refractivity contribution in [3.63, 3.8) is 0 Å². The second-order valence-corrected chi connectivity index (χ2v) is 4.15. The summed E-state index contributed by atoms with van der Waals surface area (Å²) in [4.78, 5) is 12.1. The summed E-state index contributed by atoms with van der Waals surface area (Å²) in [5.41, 5.74) is 0.646. The molecular weight excluding hydrogens is 234 g/mol. The molecule has 7 nitrogen and oxygen atoms in total. The minimum Gasteiger partial charge on any atom is -0.308 e. The monoisotopic (exact) mass is 251 g/mol. The topological polar surface area (TPSA) is 74.3 Å². The number of benzene rings is 1. The van der Waals surface area contributed by atoms with Gasteiger partial charge in [-0.25, -0.2) is 0 Å². The van der Waals surface area contributed by atoms with Crippen molar-refractivity contribution in [3.8, 4) is 0 Å². The van der Waals surface area contributed by atoms with E-state index in [1.807, 2.05) is 21.1 Å². The van der Waals surface area contributed by atoms with Crippen molar-refractivity contribution in [2.75, 3.05) is 34.2 Å². The Morgan fingerprint density at radius 2 is 1.78 bits per heavy atom. The molecule has 0 aliphatic heterocycles. The van der Waals surface area contributed by atoms with Gasteiger partial charge in [-0.15, -0.1) is 5.11 Å². The summed E-state index contributed by atoms with van der Waals surface area (Å²) >= 11 is 0. The molecule has 0 atom stereocenters. The highest BCUT2D eigenvalue weighted by atomic mass is 16.6. The number of hydrogen-bond acceptors (Lipinski definition) is 5. The molecular formula is C11H17N5O2. The average Bonchev–Trinajstić information content (AvgIpc) is 2.34. The molecule has 0 aromatic heterocycles. The Morgan fingerprint density at radius 3 is 2.28 bits per heavy atom. The van der Waals surface area contributed by atoms with Crippen molar-refractivity contribution in [2.24, 2.45) is 10.3 Å². The minimum atomic E-state index is -0.440. The van der Waals surface area contributed by atoms with Gasteiger partial charge in [-0.05, 0) is 26.2 Å².